The quantitative estimate of drug-likeness (QED) is 0.505. The van der Waals surface area contributed by atoms with Crippen molar-refractivity contribution in [2.75, 3.05) is 25.6 Å². The number of methoxy groups -OCH3 is 1. The van der Waals surface area contributed by atoms with Gasteiger partial charge in [-0.2, -0.15) is 0 Å². The van der Waals surface area contributed by atoms with E-state index in [4.69, 9.17) is 26.8 Å². The topological polar surface area (TPSA) is 107 Å². The lowest BCUT2D eigenvalue weighted by Gasteiger charge is -2.25. The third-order valence-corrected chi connectivity index (χ3v) is 6.41. The molecule has 1 aromatic heterocycles. The highest BCUT2D eigenvalue weighted by molar-refractivity contribution is 7.15. The minimum Gasteiger partial charge on any atom is -0.493 e. The van der Waals surface area contributed by atoms with Crippen molar-refractivity contribution in [2.45, 2.75) is 19.5 Å². The minimum atomic E-state index is -0.648. The molecule has 0 radical (unpaired) electrons. The molecule has 0 saturated carbocycles. The normalized spacial score (nSPS) is 13.3. The monoisotopic (exact) mass is 486 g/mol. The number of fused-ring (bicyclic) bond motifs is 1. The van der Waals surface area contributed by atoms with E-state index in [-0.39, 0.29) is 34.6 Å². The van der Waals surface area contributed by atoms with Crippen LogP contribution in [0.1, 0.15) is 26.5 Å². The number of thiazole rings is 1. The molecular formula is C23H23ClN4O4S. The van der Waals surface area contributed by atoms with Crippen molar-refractivity contribution in [1.29, 1.82) is 0 Å². The second-order valence-corrected chi connectivity index (χ2v) is 9.02. The van der Waals surface area contributed by atoms with Gasteiger partial charge in [0.2, 0.25) is 0 Å². The number of primary amides is 1. The second kappa shape index (κ2) is 10.2. The average Bonchev–Trinajstić information content (AvgIpc) is 3.19. The smallest absolute Gasteiger partial charge is 0.257 e. The Bertz CT molecular complexity index is 1170. The molecule has 0 unspecified atom stereocenters. The first-order chi connectivity index (χ1) is 15.9. The minimum absolute atomic E-state index is 0.135. The molecule has 172 valence electrons. The zero-order valence-corrected chi connectivity index (χ0v) is 19.5. The van der Waals surface area contributed by atoms with Gasteiger partial charge in [-0.1, -0.05) is 41.9 Å². The van der Waals surface area contributed by atoms with Gasteiger partial charge in [0.1, 0.15) is 0 Å². The molecule has 0 aliphatic carbocycles. The molecule has 8 nitrogen and oxygen atoms in total. The third-order valence-electron chi connectivity index (χ3n) is 5.13. The predicted octanol–water partition coefficient (Wildman–Crippen LogP) is 3.48. The SMILES string of the molecule is COc1cc(C(=O)Nc2nc3c(s2)CN(Cc2ccccc2)CC3)cc(Cl)c1OCC(N)=O. The van der Waals surface area contributed by atoms with Gasteiger partial charge in [-0.05, 0) is 17.7 Å². The number of hydrogen-bond acceptors (Lipinski definition) is 7. The summed E-state index contributed by atoms with van der Waals surface area (Å²) in [5.74, 6) is -0.643. The van der Waals surface area contributed by atoms with Gasteiger partial charge in [0.25, 0.3) is 11.8 Å². The Morgan fingerprint density at radius 1 is 1.27 bits per heavy atom. The third kappa shape index (κ3) is 5.62. The standard InChI is InChI=1S/C23H23ClN4O4S/c1-31-18-10-15(9-16(24)21(18)32-13-20(25)29)22(30)27-23-26-17-7-8-28(12-19(17)33-23)11-14-5-3-2-4-6-14/h2-6,9-10H,7-8,11-13H2,1H3,(H2,25,29)(H,26,27,30). The highest BCUT2D eigenvalue weighted by atomic mass is 35.5. The lowest BCUT2D eigenvalue weighted by molar-refractivity contribution is -0.119. The molecule has 3 aromatic rings. The number of halogens is 1. The molecule has 0 fully saturated rings. The van der Waals surface area contributed by atoms with Crippen LogP contribution in [-0.2, 0) is 24.3 Å². The molecule has 4 rings (SSSR count). The number of hydrogen-bond donors (Lipinski definition) is 2. The summed E-state index contributed by atoms with van der Waals surface area (Å²) in [6.07, 6.45) is 0.833. The molecule has 2 aromatic carbocycles. The lowest BCUT2D eigenvalue weighted by Crippen LogP contribution is -2.29. The van der Waals surface area contributed by atoms with Gasteiger partial charge in [0.15, 0.2) is 23.2 Å². The molecule has 10 heteroatoms. The van der Waals surface area contributed by atoms with Crippen molar-refractivity contribution in [1.82, 2.24) is 9.88 Å². The summed E-state index contributed by atoms with van der Waals surface area (Å²) in [4.78, 5) is 32.0. The summed E-state index contributed by atoms with van der Waals surface area (Å²) in [5.41, 5.74) is 7.68. The fourth-order valence-electron chi connectivity index (χ4n) is 3.58. The van der Waals surface area contributed by atoms with Crippen LogP contribution < -0.4 is 20.5 Å². The molecule has 0 spiro atoms. The maximum absolute atomic E-state index is 12.8. The Balaban J connectivity index is 1.44. The van der Waals surface area contributed by atoms with Crippen molar-refractivity contribution in [3.8, 4) is 11.5 Å². The second-order valence-electron chi connectivity index (χ2n) is 7.53. The van der Waals surface area contributed by atoms with Gasteiger partial charge in [-0.25, -0.2) is 4.98 Å². The van der Waals surface area contributed by atoms with Gasteiger partial charge >= 0.3 is 0 Å². The summed E-state index contributed by atoms with van der Waals surface area (Å²) in [7, 11) is 1.42. The molecule has 3 N–H and O–H groups in total. The van der Waals surface area contributed by atoms with Crippen LogP contribution in [0.3, 0.4) is 0 Å². The van der Waals surface area contributed by atoms with E-state index in [1.807, 2.05) is 18.2 Å². The van der Waals surface area contributed by atoms with Crippen LogP contribution in [0.5, 0.6) is 11.5 Å². The van der Waals surface area contributed by atoms with Gasteiger partial charge in [0, 0.05) is 36.5 Å². The number of carbonyl (C=O) groups is 2. The molecule has 2 heterocycles. The Morgan fingerprint density at radius 2 is 2.06 bits per heavy atom. The Labute approximate surface area is 200 Å². The first kappa shape index (κ1) is 23.0. The number of ether oxygens (including phenoxy) is 2. The van der Waals surface area contributed by atoms with Gasteiger partial charge in [-0.15, -0.1) is 11.3 Å². The van der Waals surface area contributed by atoms with Crippen LogP contribution in [0.25, 0.3) is 0 Å². The van der Waals surface area contributed by atoms with Crippen LogP contribution in [0.15, 0.2) is 42.5 Å². The molecule has 2 amide bonds. The fraction of sp³-hybridized carbons (Fsp3) is 0.261. The average molecular weight is 487 g/mol. The number of benzene rings is 2. The van der Waals surface area contributed by atoms with Gasteiger partial charge < -0.3 is 15.2 Å². The summed E-state index contributed by atoms with van der Waals surface area (Å²) in [5, 5.41) is 3.52. The van der Waals surface area contributed by atoms with Crippen molar-refractivity contribution in [3.05, 3.63) is 69.2 Å². The predicted molar refractivity (Wildman–Crippen MR) is 127 cm³/mol. The maximum Gasteiger partial charge on any atom is 0.257 e. The van der Waals surface area contributed by atoms with Gasteiger partial charge in [-0.3, -0.25) is 19.8 Å². The number of nitrogens with one attached hydrogen (secondary N) is 1. The number of rotatable bonds is 8. The highest BCUT2D eigenvalue weighted by Gasteiger charge is 2.23. The highest BCUT2D eigenvalue weighted by Crippen LogP contribution is 2.37. The summed E-state index contributed by atoms with van der Waals surface area (Å²) >= 11 is 7.73. The molecule has 0 atom stereocenters. The maximum atomic E-state index is 12.8. The Morgan fingerprint density at radius 3 is 2.79 bits per heavy atom. The molecule has 0 bridgehead atoms. The van der Waals surface area contributed by atoms with Crippen LogP contribution in [-0.4, -0.2) is 42.0 Å². The van der Waals surface area contributed by atoms with E-state index >= 15 is 0 Å². The number of anilines is 1. The Kier molecular flexibility index (Phi) is 7.12. The van der Waals surface area contributed by atoms with Crippen LogP contribution in [0.4, 0.5) is 5.13 Å². The number of carbonyl (C=O) groups excluding carboxylic acids is 2. The lowest BCUT2D eigenvalue weighted by atomic mass is 10.1. The van der Waals surface area contributed by atoms with Crippen LogP contribution in [0, 0.1) is 0 Å². The summed E-state index contributed by atoms with van der Waals surface area (Å²) in [6.45, 7) is 2.23. The number of nitrogens with zero attached hydrogens (tertiary/aromatic N) is 2. The summed E-state index contributed by atoms with van der Waals surface area (Å²) in [6, 6.07) is 13.3. The Hall–Kier alpha value is -3.14. The molecule has 33 heavy (non-hydrogen) atoms. The molecular weight excluding hydrogens is 464 g/mol. The number of nitrogens with two attached hydrogens (primary N) is 1. The van der Waals surface area contributed by atoms with E-state index < -0.39 is 5.91 Å². The number of aromatic nitrogens is 1. The van der Waals surface area contributed by atoms with E-state index in [1.165, 1.54) is 36.1 Å². The number of amides is 2. The van der Waals surface area contributed by atoms with E-state index in [0.717, 1.165) is 36.6 Å². The van der Waals surface area contributed by atoms with Crippen molar-refractivity contribution in [3.63, 3.8) is 0 Å². The van der Waals surface area contributed by atoms with Crippen LogP contribution >= 0.6 is 22.9 Å². The van der Waals surface area contributed by atoms with Crippen molar-refractivity contribution < 1.29 is 19.1 Å². The first-order valence-electron chi connectivity index (χ1n) is 10.3. The van der Waals surface area contributed by atoms with Crippen molar-refractivity contribution in [2.24, 2.45) is 5.73 Å². The molecule has 0 saturated heterocycles. The summed E-state index contributed by atoms with van der Waals surface area (Å²) < 4.78 is 10.6. The first-order valence-corrected chi connectivity index (χ1v) is 11.5. The molecule has 1 aliphatic heterocycles. The van der Waals surface area contributed by atoms with Crippen LogP contribution in [0.2, 0.25) is 5.02 Å². The van der Waals surface area contributed by atoms with Crippen molar-refractivity contribution >= 4 is 39.9 Å². The zero-order chi connectivity index (χ0) is 23.4. The van der Waals surface area contributed by atoms with Gasteiger partial charge in [0.05, 0.1) is 17.8 Å². The zero-order valence-electron chi connectivity index (χ0n) is 18.0. The van der Waals surface area contributed by atoms with E-state index in [0.29, 0.717) is 5.13 Å². The van der Waals surface area contributed by atoms with E-state index in [1.54, 1.807) is 0 Å². The fourth-order valence-corrected chi connectivity index (χ4v) is 4.89. The van der Waals surface area contributed by atoms with E-state index in [9.17, 15) is 9.59 Å². The molecule has 1 aliphatic rings. The van der Waals surface area contributed by atoms with E-state index in [2.05, 4.69) is 27.3 Å². The largest absolute Gasteiger partial charge is 0.493 e.